The average molecular weight is 657 g/mol. The fourth-order valence-electron chi connectivity index (χ4n) is 6.36. The van der Waals surface area contributed by atoms with Crippen molar-refractivity contribution in [3.63, 3.8) is 0 Å². The first-order valence-electron chi connectivity index (χ1n) is 16.3. The second-order valence-electron chi connectivity index (χ2n) is 13.6. The van der Waals surface area contributed by atoms with E-state index in [1.807, 2.05) is 48.6 Å². The van der Waals surface area contributed by atoms with Crippen LogP contribution in [-0.2, 0) is 19.1 Å². The van der Waals surface area contributed by atoms with Gasteiger partial charge in [-0.25, -0.2) is 9.59 Å². The van der Waals surface area contributed by atoms with Crippen molar-refractivity contribution >= 4 is 23.9 Å². The Morgan fingerprint density at radius 3 is 2.60 bits per heavy atom. The fourth-order valence-corrected chi connectivity index (χ4v) is 6.36. The van der Waals surface area contributed by atoms with Crippen LogP contribution >= 0.6 is 0 Å². The molecule has 4 heterocycles. The molecule has 3 aliphatic rings. The Labute approximate surface area is 277 Å². The summed E-state index contributed by atoms with van der Waals surface area (Å²) in [4.78, 5) is 60.4. The number of aliphatic carboxylic acids is 1. The van der Waals surface area contributed by atoms with Crippen molar-refractivity contribution < 1.29 is 29.0 Å². The number of tetrazole rings is 1. The first-order chi connectivity index (χ1) is 22.9. The number of nitrogens with one attached hydrogen (secondary N) is 2. The molecule has 1 aromatic carbocycles. The molecule has 0 spiro atoms. The number of carboxylic acids is 1. The van der Waals surface area contributed by atoms with Gasteiger partial charge in [-0.2, -0.15) is 4.80 Å². The highest BCUT2D eigenvalue weighted by molar-refractivity contribution is 5.96. The molecule has 0 radical (unpaired) electrons. The number of ether oxygens (including phenoxy) is 1. The van der Waals surface area contributed by atoms with Gasteiger partial charge in [0.1, 0.15) is 23.2 Å². The Balaban J connectivity index is 1.28. The first kappa shape index (κ1) is 32.8. The third-order valence-corrected chi connectivity index (χ3v) is 8.94. The van der Waals surface area contributed by atoms with Crippen LogP contribution in [0.3, 0.4) is 0 Å². The second-order valence-corrected chi connectivity index (χ2v) is 13.6. The minimum Gasteiger partial charge on any atom is -0.479 e. The molecular formula is C34H40N8O6. The molecule has 1 saturated carbocycles. The normalized spacial score (nSPS) is 26.8. The molecule has 14 nitrogen and oxygen atoms in total. The number of nitrogens with zero attached hydrogens (tertiary/aromatic N) is 6. The predicted molar refractivity (Wildman–Crippen MR) is 173 cm³/mol. The molecule has 252 valence electrons. The van der Waals surface area contributed by atoms with Gasteiger partial charge in [-0.15, -0.1) is 10.2 Å². The number of hydrogen-bond acceptors (Lipinski definition) is 9. The molecule has 2 aliphatic heterocycles. The zero-order valence-electron chi connectivity index (χ0n) is 27.2. The van der Waals surface area contributed by atoms with Crippen LogP contribution in [0.25, 0.3) is 22.5 Å². The van der Waals surface area contributed by atoms with Crippen molar-refractivity contribution in [2.75, 3.05) is 6.54 Å². The first-order valence-corrected chi connectivity index (χ1v) is 16.3. The van der Waals surface area contributed by atoms with Crippen LogP contribution in [0.4, 0.5) is 4.79 Å². The van der Waals surface area contributed by atoms with E-state index >= 15 is 0 Å². The maximum Gasteiger partial charge on any atom is 0.408 e. The molecule has 2 fully saturated rings. The summed E-state index contributed by atoms with van der Waals surface area (Å²) in [5.74, 6) is -2.19. The number of carbonyl (C=O) groups excluding carboxylic acids is 3. The van der Waals surface area contributed by atoms with E-state index in [1.54, 1.807) is 33.2 Å². The van der Waals surface area contributed by atoms with Crippen LogP contribution in [0.1, 0.15) is 65.3 Å². The van der Waals surface area contributed by atoms with Crippen LogP contribution in [-0.4, -0.2) is 88.8 Å². The smallest absolute Gasteiger partial charge is 0.408 e. The highest BCUT2D eigenvalue weighted by Gasteiger charge is 2.61. The number of pyridine rings is 1. The molecule has 0 unspecified atom stereocenters. The summed E-state index contributed by atoms with van der Waals surface area (Å²) in [7, 11) is 0. The number of amides is 3. The lowest BCUT2D eigenvalue weighted by Crippen LogP contribution is -2.56. The lowest BCUT2D eigenvalue weighted by atomic mass is 10.0. The van der Waals surface area contributed by atoms with Crippen LogP contribution in [0.5, 0.6) is 0 Å². The molecule has 3 aromatic rings. The average Bonchev–Trinajstić information content (AvgIpc) is 3.36. The van der Waals surface area contributed by atoms with Crippen molar-refractivity contribution in [3.05, 3.63) is 60.9 Å². The van der Waals surface area contributed by atoms with Crippen LogP contribution in [0, 0.1) is 5.92 Å². The standard InChI is InChI=1S/C34H40N8O6/c1-33(2,3)48-32(47)36-26-14-10-5-4-9-13-24-17-34(24,31(45)46)37-29(43)27-16-25(20-41(27)30(26)44)42-39-28(38-40-42)23-15-22(18-35-19-23)21-11-7-6-8-12-21/h6-9,11-13,15,18-19,24-27H,4-5,10,14,16-17,20H2,1-3H3,(H,36,47)(H,37,43)(H,45,46)/b13-9-/t24-,25-,26+,27+,34-/m1/s1. The number of alkyl carbamates (subject to hydrolysis) is 1. The van der Waals surface area contributed by atoms with Gasteiger partial charge >= 0.3 is 12.1 Å². The fraction of sp³-hybridized carbons (Fsp3) is 0.471. The van der Waals surface area contributed by atoms with Crippen molar-refractivity contribution in [1.29, 1.82) is 0 Å². The Morgan fingerprint density at radius 1 is 1.08 bits per heavy atom. The number of carboxylic acid groups (broad SMARTS) is 1. The summed E-state index contributed by atoms with van der Waals surface area (Å²) in [6.07, 6.45) is 9.15. The Morgan fingerprint density at radius 2 is 1.85 bits per heavy atom. The van der Waals surface area contributed by atoms with Crippen molar-refractivity contribution in [3.8, 4) is 22.5 Å². The van der Waals surface area contributed by atoms with Gasteiger partial charge in [-0.05, 0) is 63.3 Å². The molecule has 3 amide bonds. The quantitative estimate of drug-likeness (QED) is 0.344. The van der Waals surface area contributed by atoms with E-state index in [1.165, 1.54) is 9.70 Å². The maximum absolute atomic E-state index is 14.2. The minimum absolute atomic E-state index is 0.0466. The third-order valence-electron chi connectivity index (χ3n) is 8.94. The third kappa shape index (κ3) is 7.06. The molecule has 3 N–H and O–H groups in total. The summed E-state index contributed by atoms with van der Waals surface area (Å²) in [5.41, 5.74) is 0.293. The highest BCUT2D eigenvalue weighted by atomic mass is 16.6. The summed E-state index contributed by atoms with van der Waals surface area (Å²) in [6, 6.07) is 9.13. The molecule has 6 rings (SSSR count). The van der Waals surface area contributed by atoms with E-state index in [0.29, 0.717) is 30.7 Å². The maximum atomic E-state index is 14.2. The van der Waals surface area contributed by atoms with Gasteiger partial charge in [0, 0.05) is 42.4 Å². The SMILES string of the molecule is CC(C)(C)OC(=O)N[C@H]1CCCC/C=C\[C@@H]2C[C@@]2(C(=O)O)NC(=O)[C@@H]2C[C@@H](n3nnc(-c4cncc(-c5ccccc5)c4)n3)CN2C1=O. The van der Waals surface area contributed by atoms with Gasteiger partial charge in [-0.1, -0.05) is 48.9 Å². The lowest BCUT2D eigenvalue weighted by Gasteiger charge is -2.30. The lowest BCUT2D eigenvalue weighted by molar-refractivity contribution is -0.145. The summed E-state index contributed by atoms with van der Waals surface area (Å²) >= 11 is 0. The number of hydrogen-bond donors (Lipinski definition) is 3. The van der Waals surface area contributed by atoms with Crippen LogP contribution < -0.4 is 10.6 Å². The Hall–Kier alpha value is -5.14. The molecule has 2 aromatic heterocycles. The van der Waals surface area contributed by atoms with E-state index in [2.05, 4.69) is 31.0 Å². The van der Waals surface area contributed by atoms with Crippen molar-refractivity contribution in [1.82, 2.24) is 40.7 Å². The number of aromatic nitrogens is 5. The van der Waals surface area contributed by atoms with Gasteiger partial charge in [-0.3, -0.25) is 14.6 Å². The number of carbonyl (C=O) groups is 4. The van der Waals surface area contributed by atoms with Gasteiger partial charge in [0.05, 0.1) is 6.04 Å². The van der Waals surface area contributed by atoms with E-state index in [0.717, 1.165) is 17.5 Å². The van der Waals surface area contributed by atoms with Gasteiger partial charge in [0.15, 0.2) is 0 Å². The number of benzene rings is 1. The van der Waals surface area contributed by atoms with Gasteiger partial charge in [0.2, 0.25) is 17.6 Å². The van der Waals surface area contributed by atoms with Crippen molar-refractivity contribution in [2.45, 2.75) is 88.6 Å². The monoisotopic (exact) mass is 656 g/mol. The Kier molecular flexibility index (Phi) is 8.99. The second kappa shape index (κ2) is 13.2. The topological polar surface area (TPSA) is 182 Å². The molecule has 48 heavy (non-hydrogen) atoms. The Bertz CT molecular complexity index is 1720. The number of allylic oxidation sites excluding steroid dienone is 1. The molecule has 14 heteroatoms. The number of fused-ring (bicyclic) bond motifs is 2. The zero-order chi connectivity index (χ0) is 34.1. The van der Waals surface area contributed by atoms with Crippen molar-refractivity contribution in [2.24, 2.45) is 5.92 Å². The van der Waals surface area contributed by atoms with Gasteiger partial charge in [0.25, 0.3) is 0 Å². The van der Waals surface area contributed by atoms with E-state index in [4.69, 9.17) is 4.74 Å². The highest BCUT2D eigenvalue weighted by Crippen LogP contribution is 2.45. The van der Waals surface area contributed by atoms with E-state index < -0.39 is 53.1 Å². The predicted octanol–water partition coefficient (Wildman–Crippen LogP) is 3.53. The molecule has 1 saturated heterocycles. The summed E-state index contributed by atoms with van der Waals surface area (Å²) < 4.78 is 5.45. The summed E-state index contributed by atoms with van der Waals surface area (Å²) in [6.45, 7) is 5.24. The van der Waals surface area contributed by atoms with E-state index in [-0.39, 0.29) is 25.3 Å². The molecule has 5 atom stereocenters. The summed E-state index contributed by atoms with van der Waals surface area (Å²) in [5, 5.41) is 28.7. The van der Waals surface area contributed by atoms with Gasteiger partial charge < -0.3 is 25.4 Å². The largest absolute Gasteiger partial charge is 0.479 e. The number of rotatable bonds is 5. The van der Waals surface area contributed by atoms with Crippen LogP contribution in [0.2, 0.25) is 0 Å². The minimum atomic E-state index is -1.44. The molecular weight excluding hydrogens is 616 g/mol. The zero-order valence-corrected chi connectivity index (χ0v) is 27.2. The molecule has 0 bridgehead atoms. The van der Waals surface area contributed by atoms with E-state index in [9.17, 15) is 24.3 Å². The van der Waals surface area contributed by atoms with Crippen LogP contribution in [0.15, 0.2) is 60.9 Å². The molecule has 1 aliphatic carbocycles.